The van der Waals surface area contributed by atoms with Gasteiger partial charge in [-0.25, -0.2) is 9.59 Å². The van der Waals surface area contributed by atoms with E-state index in [1.54, 1.807) is 54.6 Å². The minimum absolute atomic E-state index is 0.130. The van der Waals surface area contributed by atoms with E-state index in [9.17, 15) is 30.0 Å². The van der Waals surface area contributed by atoms with Gasteiger partial charge in [0.1, 0.15) is 0 Å². The Balaban J connectivity index is 2.00. The van der Waals surface area contributed by atoms with Crippen molar-refractivity contribution in [3.63, 3.8) is 0 Å². The summed E-state index contributed by atoms with van der Waals surface area (Å²) in [6, 6.07) is 16.3. The Kier molecular flexibility index (Phi) is 4.31. The average Bonchev–Trinajstić information content (AvgIpc) is 2.69. The zero-order valence-corrected chi connectivity index (χ0v) is 15.0. The van der Waals surface area contributed by atoms with Gasteiger partial charge in [0, 0.05) is 0 Å². The fraction of sp³-hybridized carbons (Fsp3) is 0.0435. The second-order valence-corrected chi connectivity index (χ2v) is 6.70. The maximum absolute atomic E-state index is 12.9. The van der Waals surface area contributed by atoms with Gasteiger partial charge in [-0.15, -0.1) is 0 Å². The van der Waals surface area contributed by atoms with Crippen LogP contribution in [0.4, 0.5) is 0 Å². The molecule has 0 aliphatic carbocycles. The normalized spacial score (nSPS) is 11.0. The van der Waals surface area contributed by atoms with Gasteiger partial charge in [0.05, 0.1) is 11.1 Å². The smallest absolute Gasteiger partial charge is 0.335 e. The van der Waals surface area contributed by atoms with Crippen molar-refractivity contribution in [2.24, 2.45) is 0 Å². The van der Waals surface area contributed by atoms with Crippen molar-refractivity contribution in [3.05, 3.63) is 82.9 Å². The predicted molar refractivity (Wildman–Crippen MR) is 104 cm³/mol. The minimum Gasteiger partial charge on any atom is -0.872 e. The lowest BCUT2D eigenvalue weighted by atomic mass is 9.91. The van der Waals surface area contributed by atoms with Crippen molar-refractivity contribution in [3.8, 4) is 11.5 Å². The van der Waals surface area contributed by atoms with Gasteiger partial charge in [-0.2, -0.15) is 0 Å². The lowest BCUT2D eigenvalue weighted by molar-refractivity contribution is -0.270. The Labute approximate surface area is 164 Å². The van der Waals surface area contributed by atoms with Crippen LogP contribution in [0.25, 0.3) is 21.5 Å². The van der Waals surface area contributed by atoms with E-state index in [2.05, 4.69) is 0 Å². The summed E-state index contributed by atoms with van der Waals surface area (Å²) >= 11 is 0. The number of hydrogen-bond acceptors (Lipinski definition) is 4. The largest absolute Gasteiger partial charge is 0.872 e. The maximum Gasteiger partial charge on any atom is 0.335 e. The van der Waals surface area contributed by atoms with Gasteiger partial charge in [-0.3, -0.25) is 0 Å². The van der Waals surface area contributed by atoms with Gasteiger partial charge in [-0.05, 0) is 39.6 Å². The number of carboxylic acids is 2. The Morgan fingerprint density at radius 1 is 0.759 bits per heavy atom. The fourth-order valence-corrected chi connectivity index (χ4v) is 3.66. The third-order valence-corrected chi connectivity index (χ3v) is 4.99. The van der Waals surface area contributed by atoms with Crippen LogP contribution in [0.1, 0.15) is 31.8 Å². The number of rotatable bonds is 4. The maximum atomic E-state index is 12.9. The van der Waals surface area contributed by atoms with Crippen LogP contribution in [0.3, 0.4) is 0 Å². The quantitative estimate of drug-likeness (QED) is 0.556. The summed E-state index contributed by atoms with van der Waals surface area (Å²) in [5.74, 6) is -4.06. The third-order valence-electron chi connectivity index (χ3n) is 4.99. The molecule has 0 aromatic heterocycles. The van der Waals surface area contributed by atoms with Crippen molar-refractivity contribution in [1.82, 2.24) is 0 Å². The first-order valence-corrected chi connectivity index (χ1v) is 8.78. The molecule has 0 saturated carbocycles. The molecule has 29 heavy (non-hydrogen) atoms. The summed E-state index contributed by atoms with van der Waals surface area (Å²) in [4.78, 5) is 23.2. The summed E-state index contributed by atoms with van der Waals surface area (Å²) in [6.45, 7) is 0. The highest BCUT2D eigenvalue weighted by Crippen LogP contribution is 2.36. The van der Waals surface area contributed by atoms with Crippen molar-refractivity contribution < 1.29 is 30.0 Å². The summed E-state index contributed by atoms with van der Waals surface area (Å²) in [5, 5.41) is 46.6. The van der Waals surface area contributed by atoms with Crippen LogP contribution in [-0.2, 0) is 6.42 Å². The highest BCUT2D eigenvalue weighted by atomic mass is 16.4. The molecule has 0 amide bonds. The van der Waals surface area contributed by atoms with E-state index >= 15 is 0 Å². The van der Waals surface area contributed by atoms with Crippen LogP contribution >= 0.6 is 0 Å². The summed E-state index contributed by atoms with van der Waals surface area (Å²) in [6.07, 6.45) is -0.162. The van der Waals surface area contributed by atoms with Crippen LogP contribution in [-0.4, -0.2) is 22.2 Å². The topological polar surface area (TPSA) is 121 Å². The monoisotopic (exact) mass is 386 g/mol. The summed E-state index contributed by atoms with van der Waals surface area (Å²) in [5.41, 5.74) is -0.454. The van der Waals surface area contributed by atoms with Gasteiger partial charge >= 0.3 is 11.9 Å². The highest BCUT2D eigenvalue weighted by molar-refractivity contribution is 6.07. The molecule has 4 aromatic carbocycles. The Hall–Kier alpha value is -4.06. The number of aromatic carboxylic acids is 2. The van der Waals surface area contributed by atoms with E-state index < -0.39 is 23.4 Å². The molecular formula is C23H14O6-2. The molecule has 0 spiro atoms. The Bertz CT molecular complexity index is 1310. The standard InChI is InChI=1S/C23H16O6/c24-20-14(9-12-5-2-4-8-16(12)19(20)23(28)29)11-17-15-7-3-1-6-13(15)10-18(21(17)25)22(26)27/h1-10,24-25H,11H2,(H,26,27)(H,28,29)/p-2. The fourth-order valence-electron chi connectivity index (χ4n) is 3.66. The second kappa shape index (κ2) is 6.83. The van der Waals surface area contributed by atoms with Crippen molar-refractivity contribution in [2.45, 2.75) is 6.42 Å². The first-order chi connectivity index (χ1) is 13.9. The van der Waals surface area contributed by atoms with Crippen LogP contribution < -0.4 is 10.2 Å². The number of hydrogen-bond donors (Lipinski definition) is 2. The van der Waals surface area contributed by atoms with E-state index in [0.29, 0.717) is 21.5 Å². The third kappa shape index (κ3) is 3.00. The lowest BCUT2D eigenvalue weighted by Crippen LogP contribution is -2.11. The van der Waals surface area contributed by atoms with Crippen LogP contribution in [0, 0.1) is 0 Å². The van der Waals surface area contributed by atoms with Crippen LogP contribution in [0.5, 0.6) is 11.5 Å². The molecule has 4 rings (SSSR count). The van der Waals surface area contributed by atoms with Crippen molar-refractivity contribution in [1.29, 1.82) is 0 Å². The van der Waals surface area contributed by atoms with E-state index in [-0.39, 0.29) is 28.7 Å². The molecule has 0 unspecified atom stereocenters. The van der Waals surface area contributed by atoms with Gasteiger partial charge in [0.15, 0.2) is 0 Å². The molecule has 0 aliphatic heterocycles. The highest BCUT2D eigenvalue weighted by Gasteiger charge is 2.16. The zero-order chi connectivity index (χ0) is 20.7. The molecule has 0 bridgehead atoms. The molecule has 2 N–H and O–H groups in total. The molecule has 6 nitrogen and oxygen atoms in total. The van der Waals surface area contributed by atoms with E-state index in [1.807, 2.05) is 0 Å². The molecule has 0 saturated heterocycles. The average molecular weight is 386 g/mol. The molecule has 0 heterocycles. The molecule has 6 heteroatoms. The molecule has 0 atom stereocenters. The van der Waals surface area contributed by atoms with Gasteiger partial charge in [-0.1, -0.05) is 71.7 Å². The SMILES string of the molecule is O=C(O)c1cc2ccccc2c(Cc2cc3ccccc3c(C(=O)O)c2[O-])c1[O-]. The first-order valence-electron chi connectivity index (χ1n) is 8.78. The predicted octanol–water partition coefficient (Wildman–Crippen LogP) is 3.13. The molecule has 0 aliphatic rings. The molecule has 0 radical (unpaired) electrons. The van der Waals surface area contributed by atoms with Crippen LogP contribution in [0.15, 0.2) is 60.7 Å². The zero-order valence-electron chi connectivity index (χ0n) is 15.0. The molecular weight excluding hydrogens is 372 g/mol. The van der Waals surface area contributed by atoms with E-state index in [1.165, 1.54) is 6.07 Å². The summed E-state index contributed by atoms with van der Waals surface area (Å²) in [7, 11) is 0. The van der Waals surface area contributed by atoms with Gasteiger partial charge < -0.3 is 20.4 Å². The summed E-state index contributed by atoms with van der Waals surface area (Å²) < 4.78 is 0. The minimum atomic E-state index is -1.35. The second-order valence-electron chi connectivity index (χ2n) is 6.70. The van der Waals surface area contributed by atoms with E-state index in [0.717, 1.165) is 0 Å². The Morgan fingerprint density at radius 3 is 1.97 bits per heavy atom. The van der Waals surface area contributed by atoms with Crippen molar-refractivity contribution >= 4 is 33.5 Å². The molecule has 0 fully saturated rings. The van der Waals surface area contributed by atoms with Crippen molar-refractivity contribution in [2.75, 3.05) is 0 Å². The number of benzene rings is 4. The first kappa shape index (κ1) is 18.3. The molecule has 4 aromatic rings. The molecule has 144 valence electrons. The lowest BCUT2D eigenvalue weighted by Gasteiger charge is -2.24. The Morgan fingerprint density at radius 2 is 1.34 bits per heavy atom. The number of fused-ring (bicyclic) bond motifs is 2. The van der Waals surface area contributed by atoms with Crippen LogP contribution in [0.2, 0.25) is 0 Å². The van der Waals surface area contributed by atoms with Gasteiger partial charge in [0.25, 0.3) is 0 Å². The van der Waals surface area contributed by atoms with Gasteiger partial charge in [0.2, 0.25) is 0 Å². The number of carbonyl (C=O) groups is 2. The van der Waals surface area contributed by atoms with E-state index in [4.69, 9.17) is 0 Å². The number of carboxylic acid groups (broad SMARTS) is 2.